The molecule has 1 aliphatic rings. The third-order valence-electron chi connectivity index (χ3n) is 2.68. The fourth-order valence-corrected chi connectivity index (χ4v) is 1.49. The van der Waals surface area contributed by atoms with Gasteiger partial charge >= 0.3 is 0 Å². The highest BCUT2D eigenvalue weighted by Crippen LogP contribution is 2.18. The van der Waals surface area contributed by atoms with Crippen molar-refractivity contribution in [3.8, 4) is 0 Å². The normalized spacial score (nSPS) is 30.3. The fraction of sp³-hybridized carbons (Fsp3) is 0.800. The minimum absolute atomic E-state index is 0.725. The molecule has 1 N–H and O–H groups in total. The number of hydrogen-bond acceptors (Lipinski definition) is 1. The van der Waals surface area contributed by atoms with Crippen molar-refractivity contribution in [3.05, 3.63) is 11.1 Å². The van der Waals surface area contributed by atoms with Crippen molar-refractivity contribution in [3.63, 3.8) is 0 Å². The summed E-state index contributed by atoms with van der Waals surface area (Å²) in [5.74, 6) is 0. The standard InChI is InChI=1S/C10H19N/c1-4-8(2)10-6-5-9(3)11-7-10/h9,11H,4-7H2,1-3H3/b10-8-. The van der Waals surface area contributed by atoms with Crippen LogP contribution in [-0.2, 0) is 0 Å². The molecule has 0 amide bonds. The van der Waals surface area contributed by atoms with Crippen molar-refractivity contribution in [1.82, 2.24) is 5.32 Å². The zero-order chi connectivity index (χ0) is 8.27. The molecule has 0 bridgehead atoms. The van der Waals surface area contributed by atoms with Gasteiger partial charge in [0.15, 0.2) is 0 Å². The summed E-state index contributed by atoms with van der Waals surface area (Å²) in [4.78, 5) is 0. The molecular formula is C10H19N. The Morgan fingerprint density at radius 1 is 1.64 bits per heavy atom. The third-order valence-corrected chi connectivity index (χ3v) is 2.68. The zero-order valence-corrected chi connectivity index (χ0v) is 7.91. The molecule has 0 radical (unpaired) electrons. The van der Waals surface area contributed by atoms with Gasteiger partial charge in [-0.25, -0.2) is 0 Å². The molecular weight excluding hydrogens is 134 g/mol. The Kier molecular flexibility index (Phi) is 3.13. The van der Waals surface area contributed by atoms with E-state index >= 15 is 0 Å². The molecule has 0 aromatic heterocycles. The Labute approximate surface area is 69.9 Å². The van der Waals surface area contributed by atoms with E-state index in [2.05, 4.69) is 26.1 Å². The molecule has 1 atom stereocenters. The number of nitrogens with one attached hydrogen (secondary N) is 1. The van der Waals surface area contributed by atoms with Gasteiger partial charge in [-0.3, -0.25) is 0 Å². The number of hydrogen-bond donors (Lipinski definition) is 1. The van der Waals surface area contributed by atoms with Crippen molar-refractivity contribution < 1.29 is 0 Å². The van der Waals surface area contributed by atoms with Crippen LogP contribution in [0.25, 0.3) is 0 Å². The van der Waals surface area contributed by atoms with Crippen molar-refractivity contribution in [1.29, 1.82) is 0 Å². The van der Waals surface area contributed by atoms with Crippen LogP contribution in [0.15, 0.2) is 11.1 Å². The maximum atomic E-state index is 3.49. The van der Waals surface area contributed by atoms with Gasteiger partial charge in [0.1, 0.15) is 0 Å². The molecule has 1 nitrogen and oxygen atoms in total. The summed E-state index contributed by atoms with van der Waals surface area (Å²) in [7, 11) is 0. The maximum Gasteiger partial charge on any atom is 0.0169 e. The van der Waals surface area contributed by atoms with E-state index in [1.165, 1.54) is 19.3 Å². The number of rotatable bonds is 1. The number of allylic oxidation sites excluding steroid dienone is 1. The molecule has 11 heavy (non-hydrogen) atoms. The Hall–Kier alpha value is -0.300. The topological polar surface area (TPSA) is 12.0 Å². The minimum atomic E-state index is 0.725. The maximum absolute atomic E-state index is 3.49. The van der Waals surface area contributed by atoms with E-state index in [9.17, 15) is 0 Å². The summed E-state index contributed by atoms with van der Waals surface area (Å²) in [6.45, 7) is 7.88. The molecule has 1 unspecified atom stereocenters. The Morgan fingerprint density at radius 2 is 2.36 bits per heavy atom. The molecule has 1 heteroatoms. The summed E-state index contributed by atoms with van der Waals surface area (Å²) in [5.41, 5.74) is 3.23. The SMILES string of the molecule is CC/C(C)=C1/CCC(C)NC1. The summed E-state index contributed by atoms with van der Waals surface area (Å²) in [6.07, 6.45) is 3.84. The monoisotopic (exact) mass is 153 g/mol. The second-order valence-electron chi connectivity index (χ2n) is 3.56. The van der Waals surface area contributed by atoms with Crippen molar-refractivity contribution in [2.45, 2.75) is 46.1 Å². The molecule has 64 valence electrons. The molecule has 0 saturated carbocycles. The summed E-state index contributed by atoms with van der Waals surface area (Å²) in [6, 6.07) is 0.725. The van der Waals surface area contributed by atoms with Crippen LogP contribution in [0.2, 0.25) is 0 Å². The van der Waals surface area contributed by atoms with Crippen LogP contribution in [0.1, 0.15) is 40.0 Å². The second-order valence-corrected chi connectivity index (χ2v) is 3.56. The predicted octanol–water partition coefficient (Wildman–Crippen LogP) is 2.48. The largest absolute Gasteiger partial charge is 0.311 e. The van der Waals surface area contributed by atoms with Crippen LogP contribution in [0, 0.1) is 0 Å². The first kappa shape index (κ1) is 8.79. The fourth-order valence-electron chi connectivity index (χ4n) is 1.49. The van der Waals surface area contributed by atoms with Crippen LogP contribution in [0.5, 0.6) is 0 Å². The molecule has 0 aromatic rings. The van der Waals surface area contributed by atoms with E-state index in [4.69, 9.17) is 0 Å². The van der Waals surface area contributed by atoms with Crippen LogP contribution < -0.4 is 5.32 Å². The van der Waals surface area contributed by atoms with Gasteiger partial charge in [-0.2, -0.15) is 0 Å². The Bertz CT molecular complexity index is 148. The lowest BCUT2D eigenvalue weighted by atomic mass is 9.96. The highest BCUT2D eigenvalue weighted by atomic mass is 14.9. The van der Waals surface area contributed by atoms with E-state index < -0.39 is 0 Å². The minimum Gasteiger partial charge on any atom is -0.311 e. The first-order valence-corrected chi connectivity index (χ1v) is 4.65. The van der Waals surface area contributed by atoms with Gasteiger partial charge < -0.3 is 5.32 Å². The van der Waals surface area contributed by atoms with Crippen LogP contribution >= 0.6 is 0 Å². The molecule has 1 fully saturated rings. The van der Waals surface area contributed by atoms with Gasteiger partial charge in [0.05, 0.1) is 0 Å². The van der Waals surface area contributed by atoms with E-state index in [-0.39, 0.29) is 0 Å². The van der Waals surface area contributed by atoms with Gasteiger partial charge in [-0.15, -0.1) is 0 Å². The number of piperidine rings is 1. The van der Waals surface area contributed by atoms with E-state index in [0.29, 0.717) is 0 Å². The smallest absolute Gasteiger partial charge is 0.0169 e. The van der Waals surface area contributed by atoms with Crippen LogP contribution in [-0.4, -0.2) is 12.6 Å². The Morgan fingerprint density at radius 3 is 2.82 bits per heavy atom. The zero-order valence-electron chi connectivity index (χ0n) is 7.91. The first-order chi connectivity index (χ1) is 5.24. The van der Waals surface area contributed by atoms with Crippen LogP contribution in [0.4, 0.5) is 0 Å². The lowest BCUT2D eigenvalue weighted by Gasteiger charge is -2.23. The lowest BCUT2D eigenvalue weighted by molar-refractivity contribution is 0.482. The quantitative estimate of drug-likeness (QED) is 0.571. The van der Waals surface area contributed by atoms with Crippen molar-refractivity contribution in [2.75, 3.05) is 6.54 Å². The van der Waals surface area contributed by atoms with Gasteiger partial charge in [-0.1, -0.05) is 18.1 Å². The van der Waals surface area contributed by atoms with Crippen molar-refractivity contribution in [2.24, 2.45) is 0 Å². The molecule has 1 rings (SSSR count). The van der Waals surface area contributed by atoms with E-state index in [0.717, 1.165) is 12.6 Å². The Balaban J connectivity index is 2.50. The van der Waals surface area contributed by atoms with E-state index in [1.807, 2.05) is 0 Å². The summed E-state index contributed by atoms with van der Waals surface area (Å²) < 4.78 is 0. The average molecular weight is 153 g/mol. The van der Waals surface area contributed by atoms with Crippen LogP contribution in [0.3, 0.4) is 0 Å². The van der Waals surface area contributed by atoms with Gasteiger partial charge in [0.25, 0.3) is 0 Å². The molecule has 0 aromatic carbocycles. The van der Waals surface area contributed by atoms with Gasteiger partial charge in [-0.05, 0) is 33.1 Å². The first-order valence-electron chi connectivity index (χ1n) is 4.65. The highest BCUT2D eigenvalue weighted by Gasteiger charge is 2.11. The second kappa shape index (κ2) is 3.91. The third kappa shape index (κ3) is 2.33. The highest BCUT2D eigenvalue weighted by molar-refractivity contribution is 5.15. The molecule has 1 aliphatic heterocycles. The van der Waals surface area contributed by atoms with Crippen molar-refractivity contribution >= 4 is 0 Å². The molecule has 0 spiro atoms. The molecule has 1 saturated heterocycles. The average Bonchev–Trinajstić information content (AvgIpc) is 2.05. The summed E-state index contributed by atoms with van der Waals surface area (Å²) in [5, 5.41) is 3.49. The lowest BCUT2D eigenvalue weighted by Crippen LogP contribution is -2.33. The van der Waals surface area contributed by atoms with Gasteiger partial charge in [0.2, 0.25) is 0 Å². The predicted molar refractivity (Wildman–Crippen MR) is 49.7 cm³/mol. The van der Waals surface area contributed by atoms with E-state index in [1.54, 1.807) is 11.1 Å². The molecule has 0 aliphatic carbocycles. The summed E-state index contributed by atoms with van der Waals surface area (Å²) >= 11 is 0. The molecule has 1 heterocycles. The van der Waals surface area contributed by atoms with Gasteiger partial charge in [0, 0.05) is 12.6 Å².